The van der Waals surface area contributed by atoms with Gasteiger partial charge in [0, 0.05) is 5.41 Å². The monoisotopic (exact) mass is 323 g/mol. The van der Waals surface area contributed by atoms with Gasteiger partial charge in [-0.15, -0.1) is 0 Å². The second-order valence-electron chi connectivity index (χ2n) is 7.53. The van der Waals surface area contributed by atoms with E-state index in [0.29, 0.717) is 17.8 Å². The Hall–Kier alpha value is -1.59. The fraction of sp³-hybridized carbons (Fsp3) is 0.824. The third-order valence-corrected chi connectivity index (χ3v) is 5.91. The number of carbonyl (C=O) groups is 3. The Balaban J connectivity index is 1.71. The molecule has 4 rings (SSSR count). The van der Waals surface area contributed by atoms with E-state index in [1.807, 2.05) is 0 Å². The maximum absolute atomic E-state index is 12.9. The first-order chi connectivity index (χ1) is 11.0. The van der Waals surface area contributed by atoms with Crippen molar-refractivity contribution < 1.29 is 23.9 Å². The highest BCUT2D eigenvalue weighted by Crippen LogP contribution is 2.60. The molecule has 6 heteroatoms. The van der Waals surface area contributed by atoms with Crippen LogP contribution in [0.3, 0.4) is 0 Å². The minimum atomic E-state index is -0.965. The summed E-state index contributed by atoms with van der Waals surface area (Å²) in [6, 6.07) is -0.965. The van der Waals surface area contributed by atoms with Crippen molar-refractivity contribution in [1.82, 2.24) is 5.32 Å². The number of ether oxygens (including phenoxy) is 2. The van der Waals surface area contributed by atoms with Crippen LogP contribution in [0.2, 0.25) is 0 Å². The molecule has 0 aromatic heterocycles. The van der Waals surface area contributed by atoms with Gasteiger partial charge in [0.15, 0.2) is 0 Å². The Bertz CT molecular complexity index is 480. The molecular weight excluding hydrogens is 298 g/mol. The highest BCUT2D eigenvalue weighted by Gasteiger charge is 2.55. The van der Waals surface area contributed by atoms with E-state index in [-0.39, 0.29) is 17.7 Å². The van der Waals surface area contributed by atoms with Crippen LogP contribution in [0.1, 0.15) is 44.9 Å². The van der Waals surface area contributed by atoms with Gasteiger partial charge >= 0.3 is 11.9 Å². The molecule has 0 aromatic rings. The summed E-state index contributed by atoms with van der Waals surface area (Å²) in [7, 11) is 2.51. The van der Waals surface area contributed by atoms with Gasteiger partial charge in [-0.1, -0.05) is 0 Å². The molecule has 4 aliphatic rings. The first-order valence-electron chi connectivity index (χ1n) is 8.41. The van der Waals surface area contributed by atoms with Crippen molar-refractivity contribution in [3.8, 4) is 0 Å². The predicted molar refractivity (Wildman–Crippen MR) is 81.2 cm³/mol. The average Bonchev–Trinajstić information content (AvgIpc) is 2.51. The van der Waals surface area contributed by atoms with Crippen molar-refractivity contribution in [3.63, 3.8) is 0 Å². The summed E-state index contributed by atoms with van der Waals surface area (Å²) in [5, 5.41) is 2.78. The third kappa shape index (κ3) is 3.08. The molecule has 23 heavy (non-hydrogen) atoms. The molecular formula is C17H25NO5. The van der Waals surface area contributed by atoms with Crippen molar-refractivity contribution in [1.29, 1.82) is 0 Å². The van der Waals surface area contributed by atoms with Crippen LogP contribution in [0.4, 0.5) is 0 Å². The van der Waals surface area contributed by atoms with Crippen LogP contribution in [-0.4, -0.2) is 38.1 Å². The zero-order valence-electron chi connectivity index (χ0n) is 13.8. The van der Waals surface area contributed by atoms with Crippen LogP contribution < -0.4 is 5.32 Å². The molecule has 0 unspecified atom stereocenters. The lowest BCUT2D eigenvalue weighted by Crippen LogP contribution is -2.56. The van der Waals surface area contributed by atoms with Crippen molar-refractivity contribution >= 4 is 17.8 Å². The lowest BCUT2D eigenvalue weighted by Gasteiger charge is -2.55. The first kappa shape index (κ1) is 16.3. The molecule has 4 bridgehead atoms. The van der Waals surface area contributed by atoms with Gasteiger partial charge in [-0.05, 0) is 56.3 Å². The molecule has 0 aliphatic heterocycles. The maximum atomic E-state index is 12.9. The number of nitrogens with one attached hydrogen (secondary N) is 1. The molecule has 0 radical (unpaired) electrons. The maximum Gasteiger partial charge on any atom is 0.328 e. The van der Waals surface area contributed by atoms with E-state index in [4.69, 9.17) is 4.74 Å². The molecule has 0 aromatic carbocycles. The molecule has 4 aliphatic carbocycles. The van der Waals surface area contributed by atoms with E-state index in [1.165, 1.54) is 33.5 Å². The zero-order chi connectivity index (χ0) is 16.6. The molecule has 128 valence electrons. The first-order valence-corrected chi connectivity index (χ1v) is 8.41. The number of rotatable bonds is 5. The molecule has 0 saturated heterocycles. The van der Waals surface area contributed by atoms with Crippen molar-refractivity contribution in [3.05, 3.63) is 0 Å². The second kappa shape index (κ2) is 6.13. The predicted octanol–water partition coefficient (Wildman–Crippen LogP) is 1.42. The molecule has 0 spiro atoms. The topological polar surface area (TPSA) is 81.7 Å². The lowest BCUT2D eigenvalue weighted by atomic mass is 9.49. The van der Waals surface area contributed by atoms with Gasteiger partial charge in [-0.3, -0.25) is 9.59 Å². The fourth-order valence-corrected chi connectivity index (χ4v) is 5.29. The number of amides is 1. The van der Waals surface area contributed by atoms with Crippen LogP contribution in [-0.2, 0) is 23.9 Å². The molecule has 1 atom stereocenters. The summed E-state index contributed by atoms with van der Waals surface area (Å²) < 4.78 is 9.32. The fourth-order valence-electron chi connectivity index (χ4n) is 5.29. The second-order valence-corrected chi connectivity index (χ2v) is 7.53. The molecule has 1 amide bonds. The standard InChI is InChI=1S/C17H25NO5/c1-22-14(19)6-13(15(20)23-2)18-16(21)17-7-10-3-11(8-17)5-12(4-10)9-17/h10-13H,3-9H2,1-2H3,(H,18,21)/t10?,11?,12?,13-,17?/m1/s1. The van der Waals surface area contributed by atoms with Gasteiger partial charge in [0.25, 0.3) is 0 Å². The Morgan fingerprint density at radius 2 is 1.52 bits per heavy atom. The van der Waals surface area contributed by atoms with Crippen LogP contribution in [0.25, 0.3) is 0 Å². The van der Waals surface area contributed by atoms with Gasteiger partial charge in [0.05, 0.1) is 20.6 Å². The molecule has 1 N–H and O–H groups in total. The Labute approximate surface area is 136 Å². The van der Waals surface area contributed by atoms with E-state index in [0.717, 1.165) is 19.3 Å². The van der Waals surface area contributed by atoms with E-state index >= 15 is 0 Å². The summed E-state index contributed by atoms with van der Waals surface area (Å²) in [5.41, 5.74) is -0.350. The summed E-state index contributed by atoms with van der Waals surface area (Å²) in [4.78, 5) is 36.3. The largest absolute Gasteiger partial charge is 0.469 e. The summed E-state index contributed by atoms with van der Waals surface area (Å²) in [6.07, 6.45) is 6.28. The Kier molecular flexibility index (Phi) is 4.34. The minimum absolute atomic E-state index is 0.0871. The molecule has 4 saturated carbocycles. The molecule has 6 nitrogen and oxygen atoms in total. The third-order valence-electron chi connectivity index (χ3n) is 5.91. The van der Waals surface area contributed by atoms with Crippen molar-refractivity contribution in [2.45, 2.75) is 51.0 Å². The van der Waals surface area contributed by atoms with E-state index in [9.17, 15) is 14.4 Å². The quantitative estimate of drug-likeness (QED) is 0.774. The Morgan fingerprint density at radius 3 is 1.96 bits per heavy atom. The van der Waals surface area contributed by atoms with Gasteiger partial charge in [-0.25, -0.2) is 4.79 Å². The number of esters is 2. The van der Waals surface area contributed by atoms with E-state index in [1.54, 1.807) is 0 Å². The van der Waals surface area contributed by atoms with Gasteiger partial charge < -0.3 is 14.8 Å². The highest BCUT2D eigenvalue weighted by atomic mass is 16.5. The lowest BCUT2D eigenvalue weighted by molar-refractivity contribution is -0.155. The average molecular weight is 323 g/mol. The summed E-state index contributed by atoms with van der Waals surface area (Å²) in [6.45, 7) is 0. The zero-order valence-corrected chi connectivity index (χ0v) is 13.8. The summed E-state index contributed by atoms with van der Waals surface area (Å²) >= 11 is 0. The number of hydrogen-bond acceptors (Lipinski definition) is 5. The van der Waals surface area contributed by atoms with E-state index in [2.05, 4.69) is 10.1 Å². The highest BCUT2D eigenvalue weighted by molar-refractivity contribution is 5.90. The Morgan fingerprint density at radius 1 is 1.00 bits per heavy atom. The van der Waals surface area contributed by atoms with Gasteiger partial charge in [-0.2, -0.15) is 0 Å². The van der Waals surface area contributed by atoms with Gasteiger partial charge in [0.1, 0.15) is 6.04 Å². The number of carbonyl (C=O) groups excluding carboxylic acids is 3. The van der Waals surface area contributed by atoms with Crippen LogP contribution in [0.15, 0.2) is 0 Å². The smallest absolute Gasteiger partial charge is 0.328 e. The van der Waals surface area contributed by atoms with Crippen LogP contribution in [0.5, 0.6) is 0 Å². The van der Waals surface area contributed by atoms with Crippen LogP contribution in [0, 0.1) is 23.2 Å². The minimum Gasteiger partial charge on any atom is -0.469 e. The van der Waals surface area contributed by atoms with Gasteiger partial charge in [0.2, 0.25) is 5.91 Å². The molecule has 0 heterocycles. The number of hydrogen-bond donors (Lipinski definition) is 1. The normalized spacial score (nSPS) is 35.5. The van der Waals surface area contributed by atoms with E-state index < -0.39 is 18.0 Å². The molecule has 4 fully saturated rings. The summed E-state index contributed by atoms with van der Waals surface area (Å²) in [5.74, 6) is 0.702. The van der Waals surface area contributed by atoms with Crippen molar-refractivity contribution in [2.24, 2.45) is 23.2 Å². The van der Waals surface area contributed by atoms with Crippen LogP contribution >= 0.6 is 0 Å². The van der Waals surface area contributed by atoms with Crippen molar-refractivity contribution in [2.75, 3.05) is 14.2 Å². The SMILES string of the molecule is COC(=O)C[C@@H](NC(=O)C12CC3CC(CC(C3)C1)C2)C(=O)OC. The number of methoxy groups -OCH3 is 2.